The maximum Gasteiger partial charge on any atom is 0.227 e. The van der Waals surface area contributed by atoms with Gasteiger partial charge in [-0.25, -0.2) is 0 Å². The summed E-state index contributed by atoms with van der Waals surface area (Å²) in [5, 5.41) is 0. The Labute approximate surface area is 138 Å². The number of hydrogen-bond donors (Lipinski definition) is 0. The van der Waals surface area contributed by atoms with E-state index >= 15 is 0 Å². The predicted molar refractivity (Wildman–Crippen MR) is 92.0 cm³/mol. The van der Waals surface area contributed by atoms with Crippen LogP contribution in [0.2, 0.25) is 0 Å². The van der Waals surface area contributed by atoms with Crippen molar-refractivity contribution in [2.24, 2.45) is 5.92 Å². The molecular formula is C19H26N2O2. The number of rotatable bonds is 4. The van der Waals surface area contributed by atoms with E-state index in [9.17, 15) is 4.79 Å². The van der Waals surface area contributed by atoms with E-state index in [1.807, 2.05) is 11.0 Å². The molecule has 1 aromatic rings. The number of morpholine rings is 1. The highest BCUT2D eigenvalue weighted by Gasteiger charge is 2.29. The van der Waals surface area contributed by atoms with E-state index in [2.05, 4.69) is 41.3 Å². The van der Waals surface area contributed by atoms with Gasteiger partial charge in [-0.1, -0.05) is 42.5 Å². The summed E-state index contributed by atoms with van der Waals surface area (Å²) >= 11 is 0. The summed E-state index contributed by atoms with van der Waals surface area (Å²) in [6.07, 6.45) is 6.50. The molecule has 2 heterocycles. The van der Waals surface area contributed by atoms with E-state index in [1.54, 1.807) is 0 Å². The molecule has 2 aliphatic heterocycles. The largest absolute Gasteiger partial charge is 0.378 e. The van der Waals surface area contributed by atoms with Gasteiger partial charge in [0.15, 0.2) is 0 Å². The number of hydrogen-bond acceptors (Lipinski definition) is 3. The summed E-state index contributed by atoms with van der Waals surface area (Å²) in [5.74, 6) is 0.483. The number of benzene rings is 1. The maximum atomic E-state index is 12.6. The Morgan fingerprint density at radius 3 is 2.74 bits per heavy atom. The quantitative estimate of drug-likeness (QED) is 0.855. The van der Waals surface area contributed by atoms with Crippen molar-refractivity contribution in [2.75, 3.05) is 45.9 Å². The van der Waals surface area contributed by atoms with E-state index in [-0.39, 0.29) is 5.92 Å². The van der Waals surface area contributed by atoms with Crippen molar-refractivity contribution < 1.29 is 9.53 Å². The van der Waals surface area contributed by atoms with E-state index in [0.717, 1.165) is 45.6 Å². The molecule has 1 unspecified atom stereocenters. The first-order chi connectivity index (χ1) is 11.3. The fourth-order valence-corrected chi connectivity index (χ4v) is 3.37. The number of ether oxygens (including phenoxy) is 1. The highest BCUT2D eigenvalue weighted by molar-refractivity contribution is 5.79. The molecule has 0 aromatic heterocycles. The first kappa shape index (κ1) is 16.2. The summed E-state index contributed by atoms with van der Waals surface area (Å²) in [5.41, 5.74) is 1.23. The topological polar surface area (TPSA) is 32.8 Å². The van der Waals surface area contributed by atoms with Gasteiger partial charge in [-0.05, 0) is 24.9 Å². The molecule has 0 spiro atoms. The second-order valence-electron chi connectivity index (χ2n) is 6.35. The SMILES string of the molecule is O=C(C1CCCN(C/C=C/c2ccccc2)C1)N1CCOCC1. The van der Waals surface area contributed by atoms with Crippen LogP contribution in [0.1, 0.15) is 18.4 Å². The van der Waals surface area contributed by atoms with Gasteiger partial charge in [-0.3, -0.25) is 9.69 Å². The summed E-state index contributed by atoms with van der Waals surface area (Å²) in [4.78, 5) is 17.0. The number of piperidine rings is 1. The van der Waals surface area contributed by atoms with E-state index in [4.69, 9.17) is 4.74 Å². The van der Waals surface area contributed by atoms with Crippen LogP contribution in [0.15, 0.2) is 36.4 Å². The third-order valence-electron chi connectivity index (χ3n) is 4.65. The Balaban J connectivity index is 1.49. The first-order valence-corrected chi connectivity index (χ1v) is 8.63. The Hall–Kier alpha value is -1.65. The van der Waals surface area contributed by atoms with Crippen LogP contribution in [0.25, 0.3) is 6.08 Å². The van der Waals surface area contributed by atoms with Crippen LogP contribution in [0, 0.1) is 5.92 Å². The van der Waals surface area contributed by atoms with Gasteiger partial charge in [-0.2, -0.15) is 0 Å². The Morgan fingerprint density at radius 2 is 1.96 bits per heavy atom. The Morgan fingerprint density at radius 1 is 1.17 bits per heavy atom. The molecule has 4 nitrogen and oxygen atoms in total. The molecule has 0 radical (unpaired) electrons. The molecule has 2 saturated heterocycles. The number of likely N-dealkylation sites (tertiary alicyclic amines) is 1. The molecular weight excluding hydrogens is 288 g/mol. The molecule has 2 aliphatic rings. The third kappa shape index (κ3) is 4.66. The van der Waals surface area contributed by atoms with Crippen LogP contribution in [-0.4, -0.2) is 61.6 Å². The summed E-state index contributed by atoms with van der Waals surface area (Å²) in [7, 11) is 0. The van der Waals surface area contributed by atoms with Crippen molar-refractivity contribution in [1.82, 2.24) is 9.80 Å². The minimum atomic E-state index is 0.159. The molecule has 0 bridgehead atoms. The van der Waals surface area contributed by atoms with Crippen LogP contribution < -0.4 is 0 Å². The molecule has 124 valence electrons. The van der Waals surface area contributed by atoms with Gasteiger partial charge in [0.1, 0.15) is 0 Å². The van der Waals surface area contributed by atoms with Crippen molar-refractivity contribution in [2.45, 2.75) is 12.8 Å². The fraction of sp³-hybridized carbons (Fsp3) is 0.526. The summed E-state index contributed by atoms with van der Waals surface area (Å²) < 4.78 is 5.34. The van der Waals surface area contributed by atoms with Crippen LogP contribution in [-0.2, 0) is 9.53 Å². The lowest BCUT2D eigenvalue weighted by Gasteiger charge is -2.35. The molecule has 4 heteroatoms. The first-order valence-electron chi connectivity index (χ1n) is 8.63. The fourth-order valence-electron chi connectivity index (χ4n) is 3.37. The predicted octanol–water partition coefficient (Wildman–Crippen LogP) is 2.27. The van der Waals surface area contributed by atoms with Gasteiger partial charge < -0.3 is 9.64 Å². The summed E-state index contributed by atoms with van der Waals surface area (Å²) in [6, 6.07) is 10.4. The minimum absolute atomic E-state index is 0.159. The average molecular weight is 314 g/mol. The summed E-state index contributed by atoms with van der Waals surface area (Å²) in [6.45, 7) is 5.76. The maximum absolute atomic E-state index is 12.6. The molecule has 3 rings (SSSR count). The van der Waals surface area contributed by atoms with Gasteiger partial charge in [0.05, 0.1) is 19.1 Å². The van der Waals surface area contributed by atoms with Crippen LogP contribution in [0.3, 0.4) is 0 Å². The van der Waals surface area contributed by atoms with Gasteiger partial charge in [0.25, 0.3) is 0 Å². The van der Waals surface area contributed by atoms with Crippen molar-refractivity contribution in [1.29, 1.82) is 0 Å². The average Bonchev–Trinajstić information content (AvgIpc) is 2.63. The van der Waals surface area contributed by atoms with Crippen LogP contribution in [0.5, 0.6) is 0 Å². The van der Waals surface area contributed by atoms with E-state index in [0.29, 0.717) is 19.1 Å². The number of carbonyl (C=O) groups excluding carboxylic acids is 1. The third-order valence-corrected chi connectivity index (χ3v) is 4.65. The normalized spacial score (nSPS) is 23.3. The molecule has 1 atom stereocenters. The highest BCUT2D eigenvalue weighted by atomic mass is 16.5. The molecule has 0 saturated carbocycles. The van der Waals surface area contributed by atoms with Gasteiger partial charge >= 0.3 is 0 Å². The standard InChI is InChI=1S/C19H26N2O2/c22-19(21-12-14-23-15-13-21)18-9-5-11-20(16-18)10-4-8-17-6-2-1-3-7-17/h1-4,6-8,18H,5,9-16H2/b8-4+. The zero-order chi connectivity index (χ0) is 15.9. The molecule has 0 aliphatic carbocycles. The zero-order valence-electron chi connectivity index (χ0n) is 13.7. The van der Waals surface area contributed by atoms with Gasteiger partial charge in [0.2, 0.25) is 5.91 Å². The van der Waals surface area contributed by atoms with Crippen molar-refractivity contribution in [3.05, 3.63) is 42.0 Å². The van der Waals surface area contributed by atoms with Gasteiger partial charge in [0, 0.05) is 26.2 Å². The van der Waals surface area contributed by atoms with Crippen molar-refractivity contribution in [3.8, 4) is 0 Å². The molecule has 0 N–H and O–H groups in total. The van der Waals surface area contributed by atoms with Crippen molar-refractivity contribution >= 4 is 12.0 Å². The highest BCUT2D eigenvalue weighted by Crippen LogP contribution is 2.19. The van der Waals surface area contributed by atoms with Crippen LogP contribution in [0.4, 0.5) is 0 Å². The van der Waals surface area contributed by atoms with Crippen LogP contribution >= 0.6 is 0 Å². The smallest absolute Gasteiger partial charge is 0.227 e. The monoisotopic (exact) mass is 314 g/mol. The zero-order valence-corrected chi connectivity index (χ0v) is 13.7. The number of nitrogens with zero attached hydrogens (tertiary/aromatic N) is 2. The molecule has 1 amide bonds. The van der Waals surface area contributed by atoms with Crippen molar-refractivity contribution in [3.63, 3.8) is 0 Å². The number of amides is 1. The lowest BCUT2D eigenvalue weighted by atomic mass is 9.96. The second-order valence-corrected chi connectivity index (χ2v) is 6.35. The molecule has 23 heavy (non-hydrogen) atoms. The molecule has 1 aromatic carbocycles. The van der Waals surface area contributed by atoms with E-state index < -0.39 is 0 Å². The lowest BCUT2D eigenvalue weighted by molar-refractivity contribution is -0.141. The Kier molecular flexibility index (Phi) is 5.83. The second kappa shape index (κ2) is 8.27. The van der Waals surface area contributed by atoms with Gasteiger partial charge in [-0.15, -0.1) is 0 Å². The van der Waals surface area contributed by atoms with E-state index in [1.165, 1.54) is 5.56 Å². The minimum Gasteiger partial charge on any atom is -0.378 e. The molecule has 2 fully saturated rings. The Bertz CT molecular complexity index is 523. The number of carbonyl (C=O) groups is 1. The lowest BCUT2D eigenvalue weighted by Crippen LogP contribution is -2.48.